The van der Waals surface area contributed by atoms with Crippen molar-refractivity contribution in [2.24, 2.45) is 0 Å². The zero-order valence-corrected chi connectivity index (χ0v) is 10.2. The first-order valence-electron chi connectivity index (χ1n) is 2.49. The Morgan fingerprint density at radius 2 is 1.21 bits per heavy atom. The van der Waals surface area contributed by atoms with Crippen molar-refractivity contribution >= 4 is 45.6 Å². The molecule has 0 rings (SSSR count). The molecule has 0 aromatic heterocycles. The Kier molecular flexibility index (Phi) is 34.9. The van der Waals surface area contributed by atoms with Gasteiger partial charge < -0.3 is 41.0 Å². The van der Waals surface area contributed by atoms with Crippen LogP contribution in [0.2, 0.25) is 0 Å². The fraction of sp³-hybridized carbons (Fsp3) is 1.00. The molecule has 0 aliphatic heterocycles. The van der Waals surface area contributed by atoms with E-state index in [1.165, 1.54) is 0 Å². The molecule has 0 saturated carbocycles. The van der Waals surface area contributed by atoms with Crippen LogP contribution in [0.4, 0.5) is 0 Å². The first-order valence-corrected chi connectivity index (χ1v) is 4.05. The molecule has 9 nitrogen and oxygen atoms in total. The second-order valence-corrected chi connectivity index (χ2v) is 2.56. The van der Waals surface area contributed by atoms with Gasteiger partial charge in [0.2, 0.25) is 0 Å². The van der Waals surface area contributed by atoms with Gasteiger partial charge in [-0.15, -0.1) is 0 Å². The first kappa shape index (κ1) is 29.4. The van der Waals surface area contributed by atoms with Gasteiger partial charge in [0.25, 0.3) is 0 Å². The van der Waals surface area contributed by atoms with Gasteiger partial charge in [0.05, 0.1) is 13.2 Å². The number of hydrogen-bond donors (Lipinski definition) is 6. The summed E-state index contributed by atoms with van der Waals surface area (Å²) in [6.07, 6.45) is -0.954. The van der Waals surface area contributed by atoms with E-state index >= 15 is 0 Å². The molecular formula is C3H13CaO9P. The maximum atomic E-state index is 8.88. The molecule has 0 amide bonds. The zero-order valence-electron chi connectivity index (χ0n) is 7.15. The summed E-state index contributed by atoms with van der Waals surface area (Å²) in [5, 5.41) is 24.0. The van der Waals surface area contributed by atoms with E-state index in [1.54, 1.807) is 0 Å². The molecule has 0 atom stereocenters. The third kappa shape index (κ3) is 73.0. The minimum atomic E-state index is -4.64. The number of aliphatic hydroxyl groups excluding tert-OH is 3. The maximum Gasteiger partial charge on any atom is 2.00 e. The van der Waals surface area contributed by atoms with Crippen molar-refractivity contribution in [3.05, 3.63) is 0 Å². The van der Waals surface area contributed by atoms with Crippen LogP contribution in [0, 0.1) is 0 Å². The second-order valence-electron chi connectivity index (χ2n) is 1.53. The fourth-order valence-corrected chi connectivity index (χ4v) is 0.0577. The molecule has 8 N–H and O–H groups in total. The zero-order chi connectivity index (χ0) is 9.49. The van der Waals surface area contributed by atoms with Crippen LogP contribution in [-0.2, 0) is 10.0 Å². The summed E-state index contributed by atoms with van der Waals surface area (Å²) in [4.78, 5) is 21.6. The van der Waals surface area contributed by atoms with E-state index in [-0.39, 0.29) is 61.9 Å². The average molecular weight is 264 g/mol. The minimum Gasteiger partial charge on any atom is -2.00 e. The molecule has 0 aliphatic carbocycles. The Bertz CT molecular complexity index is 113. The molecule has 0 saturated heterocycles. The molecule has 0 aliphatic rings. The van der Waals surface area contributed by atoms with Crippen LogP contribution in [0.5, 0.6) is 0 Å². The van der Waals surface area contributed by atoms with E-state index < -0.39 is 13.9 Å². The summed E-state index contributed by atoms with van der Waals surface area (Å²) in [7, 11) is -4.64. The summed E-state index contributed by atoms with van der Waals surface area (Å²) < 4.78 is 8.88. The smallest absolute Gasteiger partial charge is 2.00 e. The summed E-state index contributed by atoms with van der Waals surface area (Å²) in [5.74, 6) is 0. The average Bonchev–Trinajstić information content (AvgIpc) is 1.83. The van der Waals surface area contributed by atoms with Crippen LogP contribution in [0.3, 0.4) is 0 Å². The van der Waals surface area contributed by atoms with Gasteiger partial charge >= 0.3 is 45.6 Å². The van der Waals surface area contributed by atoms with Crippen molar-refractivity contribution in [1.82, 2.24) is 0 Å². The molecule has 11 heteroatoms. The summed E-state index contributed by atoms with van der Waals surface area (Å²) in [5.41, 5.74) is 0. The van der Waals surface area contributed by atoms with Gasteiger partial charge in [0, 0.05) is 0 Å². The maximum absolute atomic E-state index is 8.88. The SMILES string of the molecule is O.O=P(O)(O)O.OCC(O)CO.[Ca+2].[O-2]. The van der Waals surface area contributed by atoms with E-state index in [9.17, 15) is 0 Å². The van der Waals surface area contributed by atoms with Crippen molar-refractivity contribution in [1.29, 1.82) is 0 Å². The Morgan fingerprint density at radius 3 is 1.21 bits per heavy atom. The molecule has 86 valence electrons. The fourth-order valence-electron chi connectivity index (χ4n) is 0.0577. The standard InChI is InChI=1S/C3H8O3.Ca.H3O4P.H2O.O/c4-1-3(6)2-5;;1-5(2,3)4;;/h3-6H,1-2H2;;(H3,1,2,3,4);1H2;/q;+2;;;-2. The normalized spacial score (nSPS) is 8.50. The van der Waals surface area contributed by atoms with Gasteiger partial charge in [-0.1, -0.05) is 0 Å². The monoisotopic (exact) mass is 264 g/mol. The van der Waals surface area contributed by atoms with E-state index in [2.05, 4.69) is 0 Å². The van der Waals surface area contributed by atoms with Crippen LogP contribution < -0.4 is 0 Å². The van der Waals surface area contributed by atoms with Crippen LogP contribution in [0.1, 0.15) is 0 Å². The molecule has 0 aromatic rings. The molecule has 0 radical (unpaired) electrons. The molecular weight excluding hydrogens is 251 g/mol. The summed E-state index contributed by atoms with van der Waals surface area (Å²) >= 11 is 0. The van der Waals surface area contributed by atoms with E-state index in [0.717, 1.165) is 0 Å². The molecule has 0 bridgehead atoms. The van der Waals surface area contributed by atoms with Crippen molar-refractivity contribution < 1.29 is 45.5 Å². The van der Waals surface area contributed by atoms with Crippen molar-refractivity contribution in [2.75, 3.05) is 13.2 Å². The number of phosphoric acid groups is 1. The molecule has 0 spiro atoms. The van der Waals surface area contributed by atoms with Crippen molar-refractivity contribution in [3.8, 4) is 0 Å². The van der Waals surface area contributed by atoms with Crippen molar-refractivity contribution in [2.45, 2.75) is 6.10 Å². The number of aliphatic hydroxyl groups is 3. The Balaban J connectivity index is -0.0000000321. The minimum absolute atomic E-state index is 0. The van der Waals surface area contributed by atoms with Gasteiger partial charge in [0.15, 0.2) is 0 Å². The predicted octanol–water partition coefficient (Wildman–Crippen LogP) is -3.92. The Labute approximate surface area is 110 Å². The van der Waals surface area contributed by atoms with E-state index in [0.29, 0.717) is 0 Å². The number of hydrogen-bond acceptors (Lipinski definition) is 4. The Morgan fingerprint density at radius 1 is 1.07 bits per heavy atom. The van der Waals surface area contributed by atoms with Crippen LogP contribution in [-0.4, -0.2) is 92.5 Å². The van der Waals surface area contributed by atoms with E-state index in [4.69, 9.17) is 34.6 Å². The van der Waals surface area contributed by atoms with Crippen LogP contribution in [0.15, 0.2) is 0 Å². The third-order valence-electron chi connectivity index (χ3n) is 0.421. The molecule has 14 heavy (non-hydrogen) atoms. The Hall–Kier alpha value is 1.17. The van der Waals surface area contributed by atoms with E-state index in [1.807, 2.05) is 0 Å². The second kappa shape index (κ2) is 16.6. The largest absolute Gasteiger partial charge is 2.00 e. The molecule has 0 aromatic carbocycles. The van der Waals surface area contributed by atoms with Gasteiger partial charge in [-0.2, -0.15) is 0 Å². The van der Waals surface area contributed by atoms with Gasteiger partial charge in [-0.05, 0) is 0 Å². The number of rotatable bonds is 2. The van der Waals surface area contributed by atoms with Crippen molar-refractivity contribution in [3.63, 3.8) is 0 Å². The molecule has 0 fully saturated rings. The van der Waals surface area contributed by atoms with Gasteiger partial charge in [-0.3, -0.25) is 0 Å². The summed E-state index contributed by atoms with van der Waals surface area (Å²) in [6.45, 7) is -0.729. The third-order valence-corrected chi connectivity index (χ3v) is 0.421. The first-order chi connectivity index (χ1) is 4.81. The quantitative estimate of drug-likeness (QED) is 0.216. The topological polar surface area (TPSA) is 198 Å². The van der Waals surface area contributed by atoms with Crippen LogP contribution >= 0.6 is 7.82 Å². The predicted molar refractivity (Wildman–Crippen MR) is 44.5 cm³/mol. The summed E-state index contributed by atoms with van der Waals surface area (Å²) in [6, 6.07) is 0. The molecule has 0 heterocycles. The van der Waals surface area contributed by atoms with Gasteiger partial charge in [-0.25, -0.2) is 4.57 Å². The van der Waals surface area contributed by atoms with Gasteiger partial charge in [0.1, 0.15) is 6.10 Å². The molecule has 0 unspecified atom stereocenters. The van der Waals surface area contributed by atoms with Crippen LogP contribution in [0.25, 0.3) is 0 Å².